The van der Waals surface area contributed by atoms with E-state index in [1.807, 2.05) is 0 Å². The van der Waals surface area contributed by atoms with Gasteiger partial charge in [-0.2, -0.15) is 0 Å². The van der Waals surface area contributed by atoms with Crippen LogP contribution >= 0.6 is 11.6 Å². The smallest absolute Gasteiger partial charge is 0.207 e. The number of hydrogen-bond donors (Lipinski definition) is 1. The van der Waals surface area contributed by atoms with Crippen LogP contribution in [0.5, 0.6) is 0 Å². The number of rotatable bonds is 2. The number of benzene rings is 1. The number of nitrogens with one attached hydrogen (secondary N) is 1. The number of aromatic nitrogens is 2. The molecule has 0 radical (unpaired) electrons. The van der Waals surface area contributed by atoms with Gasteiger partial charge in [0.15, 0.2) is 0 Å². The maximum Gasteiger partial charge on any atom is 0.207 e. The molecular weight excluding hydrogens is 284 g/mol. The quantitative estimate of drug-likeness (QED) is 0.738. The van der Waals surface area contributed by atoms with E-state index >= 15 is 0 Å². The molecule has 0 fully saturated rings. The number of nitrogens with zero attached hydrogens (tertiary/aromatic N) is 1. The van der Waals surface area contributed by atoms with Gasteiger partial charge < -0.3 is 4.98 Å². The highest BCUT2D eigenvalue weighted by molar-refractivity contribution is 7.91. The van der Waals surface area contributed by atoms with Crippen LogP contribution in [0.1, 0.15) is 0 Å². The number of pyridine rings is 1. The van der Waals surface area contributed by atoms with Crippen LogP contribution in [-0.4, -0.2) is 18.4 Å². The molecular formula is C13H9ClN2O2S. The molecule has 19 heavy (non-hydrogen) atoms. The second-order valence-corrected chi connectivity index (χ2v) is 6.30. The van der Waals surface area contributed by atoms with Crippen molar-refractivity contribution in [1.82, 2.24) is 9.97 Å². The van der Waals surface area contributed by atoms with Gasteiger partial charge in [-0.3, -0.25) is 0 Å². The van der Waals surface area contributed by atoms with E-state index < -0.39 is 9.84 Å². The summed E-state index contributed by atoms with van der Waals surface area (Å²) in [6.45, 7) is 0. The van der Waals surface area contributed by atoms with Gasteiger partial charge in [0.2, 0.25) is 9.84 Å². The summed E-state index contributed by atoms with van der Waals surface area (Å²) >= 11 is 5.88. The van der Waals surface area contributed by atoms with Gasteiger partial charge in [0.05, 0.1) is 9.79 Å². The van der Waals surface area contributed by atoms with Crippen molar-refractivity contribution in [2.45, 2.75) is 9.79 Å². The summed E-state index contributed by atoms with van der Waals surface area (Å²) in [6, 6.07) is 11.3. The van der Waals surface area contributed by atoms with Gasteiger partial charge in [0.1, 0.15) is 10.8 Å². The topological polar surface area (TPSA) is 62.8 Å². The Morgan fingerprint density at radius 1 is 1.11 bits per heavy atom. The lowest BCUT2D eigenvalue weighted by Gasteiger charge is -2.06. The summed E-state index contributed by atoms with van der Waals surface area (Å²) < 4.78 is 25.2. The third-order valence-corrected chi connectivity index (χ3v) is 4.81. The second kappa shape index (κ2) is 4.36. The third-order valence-electron chi connectivity index (χ3n) is 2.80. The zero-order valence-corrected chi connectivity index (χ0v) is 11.2. The van der Waals surface area contributed by atoms with Gasteiger partial charge in [0, 0.05) is 11.6 Å². The Labute approximate surface area is 115 Å². The van der Waals surface area contributed by atoms with Gasteiger partial charge in [0.25, 0.3) is 0 Å². The van der Waals surface area contributed by atoms with Crippen LogP contribution in [0.2, 0.25) is 5.15 Å². The lowest BCUT2D eigenvalue weighted by Crippen LogP contribution is -2.03. The zero-order chi connectivity index (χ0) is 13.5. The molecule has 96 valence electrons. The van der Waals surface area contributed by atoms with Crippen molar-refractivity contribution < 1.29 is 8.42 Å². The molecule has 6 heteroatoms. The standard InChI is InChI=1S/C13H9ClN2O2S/c14-12-8-11(10-6-7-15-13(10)16-12)19(17,18)9-4-2-1-3-5-9/h1-8H,(H,15,16). The molecule has 3 rings (SSSR count). The maximum atomic E-state index is 12.6. The molecule has 2 aromatic heterocycles. The van der Waals surface area contributed by atoms with Crippen molar-refractivity contribution in [2.24, 2.45) is 0 Å². The van der Waals surface area contributed by atoms with E-state index in [9.17, 15) is 8.42 Å². The van der Waals surface area contributed by atoms with Crippen LogP contribution < -0.4 is 0 Å². The van der Waals surface area contributed by atoms with Crippen LogP contribution in [0.4, 0.5) is 0 Å². The van der Waals surface area contributed by atoms with Crippen LogP contribution in [0.15, 0.2) is 58.5 Å². The minimum atomic E-state index is -3.60. The Bertz CT molecular complexity index is 841. The summed E-state index contributed by atoms with van der Waals surface area (Å²) in [5, 5.41) is 0.678. The fourth-order valence-electron chi connectivity index (χ4n) is 1.93. The highest BCUT2D eigenvalue weighted by Crippen LogP contribution is 2.29. The fourth-order valence-corrected chi connectivity index (χ4v) is 3.67. The van der Waals surface area contributed by atoms with Gasteiger partial charge in [-0.05, 0) is 24.3 Å². The Morgan fingerprint density at radius 2 is 1.84 bits per heavy atom. The van der Waals surface area contributed by atoms with E-state index in [-0.39, 0.29) is 14.9 Å². The highest BCUT2D eigenvalue weighted by atomic mass is 35.5. The molecule has 0 saturated heterocycles. The third kappa shape index (κ3) is 2.01. The molecule has 0 unspecified atom stereocenters. The first-order chi connectivity index (χ1) is 9.09. The summed E-state index contributed by atoms with van der Waals surface area (Å²) in [7, 11) is -3.60. The zero-order valence-electron chi connectivity index (χ0n) is 9.67. The van der Waals surface area contributed by atoms with E-state index in [0.717, 1.165) is 0 Å². The fraction of sp³-hybridized carbons (Fsp3) is 0. The first kappa shape index (κ1) is 12.2. The Balaban J connectivity index is 2.33. The van der Waals surface area contributed by atoms with Gasteiger partial charge in [-0.25, -0.2) is 13.4 Å². The molecule has 4 nitrogen and oxygen atoms in total. The molecule has 0 aliphatic rings. The number of sulfone groups is 1. The molecule has 0 aliphatic carbocycles. The van der Waals surface area contributed by atoms with Crippen molar-refractivity contribution in [3.8, 4) is 0 Å². The van der Waals surface area contributed by atoms with Crippen LogP contribution in [0.3, 0.4) is 0 Å². The molecule has 1 aromatic carbocycles. The van der Waals surface area contributed by atoms with Crippen LogP contribution in [0, 0.1) is 0 Å². The molecule has 2 heterocycles. The number of hydrogen-bond acceptors (Lipinski definition) is 3. The predicted octanol–water partition coefficient (Wildman–Crippen LogP) is 3.05. The monoisotopic (exact) mass is 292 g/mol. The first-order valence-electron chi connectivity index (χ1n) is 5.53. The van der Waals surface area contributed by atoms with Gasteiger partial charge in [-0.1, -0.05) is 29.8 Å². The molecule has 0 atom stereocenters. The van der Waals surface area contributed by atoms with E-state index in [2.05, 4.69) is 9.97 Å². The Morgan fingerprint density at radius 3 is 2.58 bits per heavy atom. The largest absolute Gasteiger partial charge is 0.346 e. The molecule has 0 spiro atoms. The second-order valence-electron chi connectivity index (χ2n) is 4.00. The van der Waals surface area contributed by atoms with E-state index in [1.54, 1.807) is 42.6 Å². The van der Waals surface area contributed by atoms with Crippen molar-refractivity contribution >= 4 is 32.5 Å². The Hall–Kier alpha value is -1.85. The van der Waals surface area contributed by atoms with Gasteiger partial charge in [-0.15, -0.1) is 0 Å². The normalized spacial score (nSPS) is 11.8. The molecule has 3 aromatic rings. The lowest BCUT2D eigenvalue weighted by atomic mass is 10.3. The molecule has 0 aliphatic heterocycles. The maximum absolute atomic E-state index is 12.6. The minimum absolute atomic E-state index is 0.143. The number of aromatic amines is 1. The summed E-state index contributed by atoms with van der Waals surface area (Å²) in [4.78, 5) is 7.31. The van der Waals surface area contributed by atoms with Crippen LogP contribution in [-0.2, 0) is 9.84 Å². The first-order valence-corrected chi connectivity index (χ1v) is 7.39. The lowest BCUT2D eigenvalue weighted by molar-refractivity contribution is 0.597. The average Bonchev–Trinajstić information content (AvgIpc) is 2.86. The SMILES string of the molecule is O=S(=O)(c1ccccc1)c1cc(Cl)nc2[nH]ccc12. The van der Waals surface area contributed by atoms with E-state index in [0.29, 0.717) is 11.0 Å². The van der Waals surface area contributed by atoms with Crippen LogP contribution in [0.25, 0.3) is 11.0 Å². The van der Waals surface area contributed by atoms with Gasteiger partial charge >= 0.3 is 0 Å². The molecule has 0 amide bonds. The summed E-state index contributed by atoms with van der Waals surface area (Å²) in [5.74, 6) is 0. The minimum Gasteiger partial charge on any atom is -0.346 e. The van der Waals surface area contributed by atoms with Crippen molar-refractivity contribution in [3.63, 3.8) is 0 Å². The molecule has 0 bridgehead atoms. The number of fused-ring (bicyclic) bond motifs is 1. The Kier molecular flexibility index (Phi) is 2.80. The summed E-state index contributed by atoms with van der Waals surface area (Å²) in [5.41, 5.74) is 0.460. The van der Waals surface area contributed by atoms with E-state index in [4.69, 9.17) is 11.6 Å². The molecule has 1 N–H and O–H groups in total. The number of H-pyrrole nitrogens is 1. The average molecular weight is 293 g/mol. The van der Waals surface area contributed by atoms with Crippen molar-refractivity contribution in [3.05, 3.63) is 53.8 Å². The summed E-state index contributed by atoms with van der Waals surface area (Å²) in [6.07, 6.45) is 1.64. The predicted molar refractivity (Wildman–Crippen MR) is 73.0 cm³/mol. The van der Waals surface area contributed by atoms with Crippen molar-refractivity contribution in [2.75, 3.05) is 0 Å². The highest BCUT2D eigenvalue weighted by Gasteiger charge is 2.21. The van der Waals surface area contributed by atoms with Crippen molar-refractivity contribution in [1.29, 1.82) is 0 Å². The number of halogens is 1. The molecule has 0 saturated carbocycles. The van der Waals surface area contributed by atoms with E-state index in [1.165, 1.54) is 6.07 Å².